The van der Waals surface area contributed by atoms with Crippen molar-refractivity contribution < 1.29 is 0 Å². The average molecular weight is 393 g/mol. The van der Waals surface area contributed by atoms with E-state index in [1.807, 2.05) is 12.3 Å². The van der Waals surface area contributed by atoms with Gasteiger partial charge in [0.1, 0.15) is 0 Å². The molecule has 0 N–H and O–H groups in total. The molecule has 1 unspecified atom stereocenters. The number of aliphatic imine (C=N–C) groups is 1. The van der Waals surface area contributed by atoms with E-state index < -0.39 is 8.24 Å². The maximum absolute atomic E-state index is 4.99. The Hall–Kier alpha value is -2.14. The molecule has 5 heteroatoms. The lowest BCUT2D eigenvalue weighted by Gasteiger charge is -2.51. The molecule has 0 spiro atoms. The van der Waals surface area contributed by atoms with Crippen molar-refractivity contribution in [2.24, 2.45) is 4.99 Å². The van der Waals surface area contributed by atoms with Crippen molar-refractivity contribution >= 4 is 14.2 Å². The molecule has 0 bridgehead atoms. The van der Waals surface area contributed by atoms with E-state index in [1.54, 1.807) is 0 Å². The van der Waals surface area contributed by atoms with Gasteiger partial charge in [0.2, 0.25) is 0 Å². The predicted octanol–water partition coefficient (Wildman–Crippen LogP) is 4.51. The molecular formula is C23H32N4Si. The zero-order valence-electron chi connectivity index (χ0n) is 17.2. The first-order valence-electron chi connectivity index (χ1n) is 10.7. The molecule has 1 atom stereocenters. The van der Waals surface area contributed by atoms with Crippen LogP contribution in [0.1, 0.15) is 36.9 Å². The molecule has 4 nitrogen and oxygen atoms in total. The van der Waals surface area contributed by atoms with Crippen LogP contribution >= 0.6 is 0 Å². The SMILES string of the molecule is C[Si](C)(C(/C1=C/C=C\C=C/CC1)c1ccccn1)N1CCCN2CCCN=C21. The molecule has 0 amide bonds. The van der Waals surface area contributed by atoms with E-state index in [0.717, 1.165) is 39.0 Å². The molecule has 3 heterocycles. The zero-order chi connectivity index (χ0) is 19.4. The van der Waals surface area contributed by atoms with Crippen LogP contribution in [0.15, 0.2) is 65.3 Å². The van der Waals surface area contributed by atoms with E-state index in [2.05, 4.69) is 65.1 Å². The molecular weight excluding hydrogens is 360 g/mol. The van der Waals surface area contributed by atoms with Crippen LogP contribution in [0.4, 0.5) is 0 Å². The van der Waals surface area contributed by atoms with Crippen molar-refractivity contribution in [1.82, 2.24) is 14.4 Å². The highest BCUT2D eigenvalue weighted by Gasteiger charge is 2.45. The molecule has 1 aromatic heterocycles. The van der Waals surface area contributed by atoms with Gasteiger partial charge in [0.05, 0.1) is 0 Å². The van der Waals surface area contributed by atoms with Gasteiger partial charge in [-0.05, 0) is 37.8 Å². The number of nitrogens with zero attached hydrogens (tertiary/aromatic N) is 4. The second-order valence-corrected chi connectivity index (χ2v) is 12.9. The summed E-state index contributed by atoms with van der Waals surface area (Å²) in [7, 11) is -1.94. The fraction of sp³-hybridized carbons (Fsp3) is 0.478. The first-order chi connectivity index (χ1) is 13.7. The molecule has 0 saturated carbocycles. The molecule has 2 aliphatic heterocycles. The Bertz CT molecular complexity index is 794. The van der Waals surface area contributed by atoms with E-state index in [9.17, 15) is 0 Å². The summed E-state index contributed by atoms with van der Waals surface area (Å²) in [4.78, 5) is 12.4. The number of hydrogen-bond acceptors (Lipinski definition) is 4. The third-order valence-corrected chi connectivity index (χ3v) is 10.1. The minimum Gasteiger partial charge on any atom is -0.369 e. The Kier molecular flexibility index (Phi) is 5.81. The number of guanidine groups is 1. The smallest absolute Gasteiger partial charge is 0.188 e. The highest BCUT2D eigenvalue weighted by Crippen LogP contribution is 2.39. The summed E-state index contributed by atoms with van der Waals surface area (Å²) in [5.41, 5.74) is 3.11. The third-order valence-electron chi connectivity index (χ3n) is 6.20. The molecule has 148 valence electrons. The lowest BCUT2D eigenvalue weighted by molar-refractivity contribution is 0.295. The second-order valence-electron chi connectivity index (χ2n) is 8.46. The van der Waals surface area contributed by atoms with Crippen molar-refractivity contribution in [2.45, 2.75) is 44.3 Å². The monoisotopic (exact) mass is 392 g/mol. The van der Waals surface area contributed by atoms with E-state index in [-0.39, 0.29) is 0 Å². The predicted molar refractivity (Wildman–Crippen MR) is 120 cm³/mol. The number of allylic oxidation sites excluding steroid dienone is 6. The number of pyridine rings is 1. The molecule has 1 fully saturated rings. The largest absolute Gasteiger partial charge is 0.369 e. The summed E-state index contributed by atoms with van der Waals surface area (Å²) in [6.45, 7) is 9.45. The van der Waals surface area contributed by atoms with Gasteiger partial charge in [-0.2, -0.15) is 0 Å². The van der Waals surface area contributed by atoms with Gasteiger partial charge in [-0.15, -0.1) is 0 Å². The quantitative estimate of drug-likeness (QED) is 0.707. The average Bonchev–Trinajstić information content (AvgIpc) is 2.70. The van der Waals surface area contributed by atoms with Crippen LogP contribution in [0.3, 0.4) is 0 Å². The van der Waals surface area contributed by atoms with Crippen LogP contribution in [0.2, 0.25) is 13.1 Å². The van der Waals surface area contributed by atoms with Crippen molar-refractivity contribution in [3.8, 4) is 0 Å². The van der Waals surface area contributed by atoms with Crippen LogP contribution in [-0.4, -0.2) is 54.8 Å². The van der Waals surface area contributed by atoms with Gasteiger partial charge in [-0.1, -0.05) is 55.1 Å². The first kappa shape index (κ1) is 19.2. The number of hydrogen-bond donors (Lipinski definition) is 0. The van der Waals surface area contributed by atoms with E-state index >= 15 is 0 Å². The molecule has 28 heavy (non-hydrogen) atoms. The van der Waals surface area contributed by atoms with Gasteiger partial charge >= 0.3 is 0 Å². The number of rotatable bonds is 4. The van der Waals surface area contributed by atoms with E-state index in [1.165, 1.54) is 30.1 Å². The Labute approximate surface area is 170 Å². The van der Waals surface area contributed by atoms with Crippen molar-refractivity contribution in [3.63, 3.8) is 0 Å². The molecule has 3 aliphatic rings. The van der Waals surface area contributed by atoms with Gasteiger partial charge < -0.3 is 9.47 Å². The van der Waals surface area contributed by atoms with Crippen molar-refractivity contribution in [1.29, 1.82) is 0 Å². The summed E-state index contributed by atoms with van der Waals surface area (Å²) < 4.78 is 2.70. The standard InChI is InChI=1S/C23H32N4Si/c1-28(2,27-19-11-18-26-17-10-16-25-23(26)27)22(21-14-8-9-15-24-21)20-12-6-4-3-5-7-13-20/h3-6,8-9,12,14-15,22H,7,10-11,13,16-19H2,1-2H3/b5-3-,6-4-,20-12+. The second kappa shape index (κ2) is 8.48. The summed E-state index contributed by atoms with van der Waals surface area (Å²) in [6, 6.07) is 6.39. The van der Waals surface area contributed by atoms with Crippen LogP contribution in [-0.2, 0) is 0 Å². The van der Waals surface area contributed by atoms with Gasteiger partial charge in [0.25, 0.3) is 0 Å². The van der Waals surface area contributed by atoms with Crippen LogP contribution in [0.5, 0.6) is 0 Å². The van der Waals surface area contributed by atoms with Crippen molar-refractivity contribution in [3.05, 3.63) is 66.0 Å². The summed E-state index contributed by atoms with van der Waals surface area (Å²) in [5, 5.41) is 0. The lowest BCUT2D eigenvalue weighted by Crippen LogP contribution is -2.64. The topological polar surface area (TPSA) is 31.7 Å². The number of fused-ring (bicyclic) bond motifs is 1. The fourth-order valence-electron chi connectivity index (χ4n) is 4.87. The highest BCUT2D eigenvalue weighted by atomic mass is 28.3. The van der Waals surface area contributed by atoms with Crippen LogP contribution in [0.25, 0.3) is 0 Å². The Morgan fingerprint density at radius 3 is 2.79 bits per heavy atom. The Morgan fingerprint density at radius 2 is 1.93 bits per heavy atom. The van der Waals surface area contributed by atoms with Crippen LogP contribution < -0.4 is 0 Å². The van der Waals surface area contributed by atoms with Gasteiger partial charge in [-0.3, -0.25) is 9.98 Å². The Morgan fingerprint density at radius 1 is 1.04 bits per heavy atom. The normalized spacial score (nSPS) is 25.5. The minimum atomic E-state index is -1.94. The fourth-order valence-corrected chi connectivity index (χ4v) is 8.69. The third kappa shape index (κ3) is 3.86. The molecule has 1 aliphatic carbocycles. The molecule has 4 rings (SSSR count). The van der Waals surface area contributed by atoms with E-state index in [0.29, 0.717) is 5.54 Å². The number of aromatic nitrogens is 1. The molecule has 0 aromatic carbocycles. The van der Waals surface area contributed by atoms with Crippen LogP contribution in [0, 0.1) is 0 Å². The van der Waals surface area contributed by atoms with Gasteiger partial charge in [0.15, 0.2) is 14.2 Å². The summed E-state index contributed by atoms with van der Waals surface area (Å²) >= 11 is 0. The van der Waals surface area contributed by atoms with Gasteiger partial charge in [0, 0.05) is 43.6 Å². The highest BCUT2D eigenvalue weighted by molar-refractivity contribution is 6.78. The lowest BCUT2D eigenvalue weighted by atomic mass is 10.0. The zero-order valence-corrected chi connectivity index (χ0v) is 18.2. The summed E-state index contributed by atoms with van der Waals surface area (Å²) in [5.74, 6) is 1.26. The maximum Gasteiger partial charge on any atom is 0.188 e. The first-order valence-corrected chi connectivity index (χ1v) is 13.7. The maximum atomic E-state index is 4.99. The molecule has 1 aromatic rings. The summed E-state index contributed by atoms with van der Waals surface area (Å²) in [6.07, 6.45) is 17.7. The van der Waals surface area contributed by atoms with Gasteiger partial charge in [-0.25, -0.2) is 0 Å². The van der Waals surface area contributed by atoms with Crippen molar-refractivity contribution in [2.75, 3.05) is 26.2 Å². The molecule has 0 radical (unpaired) electrons. The minimum absolute atomic E-state index is 0.370. The molecule has 1 saturated heterocycles. The Balaban J connectivity index is 1.75. The van der Waals surface area contributed by atoms with E-state index in [4.69, 9.17) is 9.98 Å².